The lowest BCUT2D eigenvalue weighted by molar-refractivity contribution is 0.0435. The van der Waals surface area contributed by atoms with E-state index in [0.717, 1.165) is 37.8 Å². The molecule has 0 N–H and O–H groups in total. The second kappa shape index (κ2) is 7.70. The van der Waals surface area contributed by atoms with Crippen LogP contribution in [0.5, 0.6) is 0 Å². The molecule has 2 aliphatic rings. The Bertz CT molecular complexity index is 418. The van der Waals surface area contributed by atoms with Gasteiger partial charge in [0.1, 0.15) is 5.67 Å². The SMILES string of the molecule is CCCCC[C@H]1CC[C@H](C2(F)C=C(F)C(F)=CC2CC)CC1. The third-order valence-corrected chi connectivity index (χ3v) is 5.62. The first-order valence-electron chi connectivity index (χ1n) is 8.96. The second-order valence-electron chi connectivity index (χ2n) is 7.06. The van der Waals surface area contributed by atoms with Crippen LogP contribution in [0.3, 0.4) is 0 Å². The fourth-order valence-electron chi connectivity index (χ4n) is 4.18. The Morgan fingerprint density at radius 3 is 2.32 bits per heavy atom. The Morgan fingerprint density at radius 1 is 1.05 bits per heavy atom. The average Bonchev–Trinajstić information content (AvgIpc) is 2.52. The zero-order valence-electron chi connectivity index (χ0n) is 13.9. The summed E-state index contributed by atoms with van der Waals surface area (Å²) < 4.78 is 42.5. The standard InChI is InChI=1S/C19H29F3/c1-3-5-6-7-14-8-10-16(11-9-14)19(22)13-18(21)17(20)12-15(19)4-2/h12-16H,3-11H2,1-2H3/t14-,15?,16-,19?. The van der Waals surface area contributed by atoms with Crippen LogP contribution in [-0.2, 0) is 0 Å². The number of hydrogen-bond acceptors (Lipinski definition) is 0. The van der Waals surface area contributed by atoms with E-state index in [-0.39, 0.29) is 5.92 Å². The molecule has 1 fully saturated rings. The summed E-state index contributed by atoms with van der Waals surface area (Å²) >= 11 is 0. The van der Waals surface area contributed by atoms with E-state index in [1.807, 2.05) is 6.92 Å². The van der Waals surface area contributed by atoms with Crippen molar-refractivity contribution in [1.29, 1.82) is 0 Å². The van der Waals surface area contributed by atoms with Crippen LogP contribution < -0.4 is 0 Å². The summed E-state index contributed by atoms with van der Waals surface area (Å²) in [5.41, 5.74) is -1.71. The van der Waals surface area contributed by atoms with Gasteiger partial charge in [-0.25, -0.2) is 13.2 Å². The maximum absolute atomic E-state index is 15.5. The van der Waals surface area contributed by atoms with Crippen molar-refractivity contribution >= 4 is 0 Å². The van der Waals surface area contributed by atoms with Crippen molar-refractivity contribution in [3.8, 4) is 0 Å². The zero-order valence-corrected chi connectivity index (χ0v) is 13.9. The number of rotatable bonds is 6. The Kier molecular flexibility index (Phi) is 6.17. The Balaban J connectivity index is 1.97. The molecule has 0 bridgehead atoms. The van der Waals surface area contributed by atoms with Gasteiger partial charge in [0.05, 0.1) is 0 Å². The van der Waals surface area contributed by atoms with Gasteiger partial charge in [0.15, 0.2) is 11.7 Å². The van der Waals surface area contributed by atoms with Gasteiger partial charge in [0.25, 0.3) is 0 Å². The van der Waals surface area contributed by atoms with Crippen LogP contribution in [-0.4, -0.2) is 5.67 Å². The van der Waals surface area contributed by atoms with Gasteiger partial charge in [-0.2, -0.15) is 0 Å². The molecule has 0 heterocycles. The molecule has 0 aromatic carbocycles. The minimum absolute atomic E-state index is 0.171. The van der Waals surface area contributed by atoms with Crippen molar-refractivity contribution in [3.05, 3.63) is 23.8 Å². The van der Waals surface area contributed by atoms with E-state index in [1.165, 1.54) is 25.7 Å². The minimum Gasteiger partial charge on any atom is -0.238 e. The van der Waals surface area contributed by atoms with Gasteiger partial charge in [0, 0.05) is 5.92 Å². The number of hydrogen-bond donors (Lipinski definition) is 0. The summed E-state index contributed by atoms with van der Waals surface area (Å²) in [6.07, 6.45) is 11.2. The van der Waals surface area contributed by atoms with Crippen LogP contribution in [0.4, 0.5) is 13.2 Å². The van der Waals surface area contributed by atoms with Gasteiger partial charge < -0.3 is 0 Å². The average molecular weight is 314 g/mol. The van der Waals surface area contributed by atoms with E-state index in [0.29, 0.717) is 12.3 Å². The monoisotopic (exact) mass is 314 g/mol. The highest BCUT2D eigenvalue weighted by Gasteiger charge is 2.46. The minimum atomic E-state index is -1.71. The summed E-state index contributed by atoms with van der Waals surface area (Å²) in [6, 6.07) is 0. The van der Waals surface area contributed by atoms with Crippen molar-refractivity contribution in [2.75, 3.05) is 0 Å². The van der Waals surface area contributed by atoms with Crippen molar-refractivity contribution in [2.24, 2.45) is 17.8 Å². The van der Waals surface area contributed by atoms with E-state index < -0.39 is 23.2 Å². The van der Waals surface area contributed by atoms with E-state index in [2.05, 4.69) is 6.92 Å². The van der Waals surface area contributed by atoms with Crippen LogP contribution in [0.1, 0.15) is 71.6 Å². The van der Waals surface area contributed by atoms with E-state index in [1.54, 1.807) is 0 Å². The molecule has 0 aromatic heterocycles. The number of allylic oxidation sites excluding steroid dienone is 4. The maximum Gasteiger partial charge on any atom is 0.157 e. The normalized spacial score (nSPS) is 36.0. The van der Waals surface area contributed by atoms with Crippen molar-refractivity contribution in [2.45, 2.75) is 77.3 Å². The van der Waals surface area contributed by atoms with Gasteiger partial charge in [-0.1, -0.05) is 52.4 Å². The van der Waals surface area contributed by atoms with Gasteiger partial charge in [0.2, 0.25) is 0 Å². The highest BCUT2D eigenvalue weighted by atomic mass is 19.2. The topological polar surface area (TPSA) is 0 Å². The lowest BCUT2D eigenvalue weighted by Crippen LogP contribution is -2.42. The Hall–Kier alpha value is -0.730. The maximum atomic E-state index is 15.5. The predicted molar refractivity (Wildman–Crippen MR) is 85.6 cm³/mol. The molecule has 22 heavy (non-hydrogen) atoms. The van der Waals surface area contributed by atoms with Crippen molar-refractivity contribution in [3.63, 3.8) is 0 Å². The first kappa shape index (κ1) is 17.6. The second-order valence-corrected chi connectivity index (χ2v) is 7.06. The third-order valence-electron chi connectivity index (χ3n) is 5.62. The smallest absolute Gasteiger partial charge is 0.157 e. The quantitative estimate of drug-likeness (QED) is 0.471. The fourth-order valence-corrected chi connectivity index (χ4v) is 4.18. The molecule has 126 valence electrons. The lowest BCUT2D eigenvalue weighted by Gasteiger charge is -2.41. The molecule has 0 aliphatic heterocycles. The van der Waals surface area contributed by atoms with E-state index in [9.17, 15) is 8.78 Å². The molecular formula is C19H29F3. The molecule has 2 unspecified atom stereocenters. The van der Waals surface area contributed by atoms with Crippen molar-refractivity contribution in [1.82, 2.24) is 0 Å². The molecule has 2 atom stereocenters. The van der Waals surface area contributed by atoms with Gasteiger partial charge >= 0.3 is 0 Å². The summed E-state index contributed by atoms with van der Waals surface area (Å²) in [4.78, 5) is 0. The summed E-state index contributed by atoms with van der Waals surface area (Å²) in [7, 11) is 0. The molecule has 0 saturated heterocycles. The number of unbranched alkanes of at least 4 members (excludes halogenated alkanes) is 2. The largest absolute Gasteiger partial charge is 0.238 e. The number of halogens is 3. The molecule has 0 amide bonds. The summed E-state index contributed by atoms with van der Waals surface area (Å²) in [5, 5.41) is 0. The van der Waals surface area contributed by atoms with E-state index in [4.69, 9.17) is 0 Å². The molecule has 2 rings (SSSR count). The molecule has 2 aliphatic carbocycles. The first-order valence-corrected chi connectivity index (χ1v) is 8.96. The third kappa shape index (κ3) is 3.78. The van der Waals surface area contributed by atoms with Gasteiger partial charge in [-0.15, -0.1) is 0 Å². The molecule has 0 spiro atoms. The van der Waals surface area contributed by atoms with Crippen LogP contribution in [0, 0.1) is 17.8 Å². The van der Waals surface area contributed by atoms with E-state index >= 15 is 4.39 Å². The molecular weight excluding hydrogens is 285 g/mol. The van der Waals surface area contributed by atoms with Crippen LogP contribution in [0.2, 0.25) is 0 Å². The Morgan fingerprint density at radius 2 is 1.73 bits per heavy atom. The molecule has 3 heteroatoms. The van der Waals surface area contributed by atoms with Gasteiger partial charge in [-0.3, -0.25) is 0 Å². The fraction of sp³-hybridized carbons (Fsp3) is 0.789. The highest BCUT2D eigenvalue weighted by Crippen LogP contribution is 2.48. The highest BCUT2D eigenvalue weighted by molar-refractivity contribution is 5.32. The molecule has 0 radical (unpaired) electrons. The molecule has 0 aromatic rings. The zero-order chi connectivity index (χ0) is 16.2. The van der Waals surface area contributed by atoms with Crippen LogP contribution in [0.15, 0.2) is 23.8 Å². The van der Waals surface area contributed by atoms with Crippen LogP contribution in [0.25, 0.3) is 0 Å². The van der Waals surface area contributed by atoms with Gasteiger partial charge in [-0.05, 0) is 43.3 Å². The summed E-state index contributed by atoms with van der Waals surface area (Å²) in [6.45, 7) is 4.04. The lowest BCUT2D eigenvalue weighted by atomic mass is 9.67. The summed E-state index contributed by atoms with van der Waals surface area (Å²) in [5.74, 6) is -1.93. The molecule has 0 nitrogen and oxygen atoms in total. The number of alkyl halides is 1. The van der Waals surface area contributed by atoms with Crippen LogP contribution >= 0.6 is 0 Å². The van der Waals surface area contributed by atoms with Crippen molar-refractivity contribution < 1.29 is 13.2 Å². The Labute approximate surface area is 132 Å². The first-order chi connectivity index (χ1) is 10.5. The molecule has 1 saturated carbocycles. The predicted octanol–water partition coefficient (Wildman–Crippen LogP) is 6.83.